The molecule has 1 N–H and O–H groups in total. The number of nitrogens with one attached hydrogen (secondary N) is 1. The minimum absolute atomic E-state index is 0.293. The molecule has 0 saturated heterocycles. The number of hydrogen-bond donors (Lipinski definition) is 1. The van der Waals surface area contributed by atoms with Crippen LogP contribution in [-0.2, 0) is 9.59 Å². The van der Waals surface area contributed by atoms with Crippen LogP contribution in [0, 0.1) is 27.7 Å². The molecule has 3 aromatic carbocycles. The lowest BCUT2D eigenvalue weighted by Crippen LogP contribution is -2.32. The minimum Gasteiger partial charge on any atom is -0.378 e. The third-order valence-corrected chi connectivity index (χ3v) is 6.26. The fraction of sp³-hybridized carbons (Fsp3) is 0.214. The standard InChI is InChI=1S/C28H29N3O2/c1-17-10-12-21(14-19(17)3)25-26(29-22-13-11-18(2)20(4)15-22)28(33)31(27(25)32)24-9-7-8-23(16-24)30(5)6/h7-16,29H,1-6H3. The second kappa shape index (κ2) is 8.58. The Morgan fingerprint density at radius 1 is 0.727 bits per heavy atom. The Balaban J connectivity index is 1.84. The second-order valence-electron chi connectivity index (χ2n) is 8.83. The second-order valence-corrected chi connectivity index (χ2v) is 8.83. The van der Waals surface area contributed by atoms with Gasteiger partial charge in [-0.3, -0.25) is 9.59 Å². The van der Waals surface area contributed by atoms with Crippen LogP contribution in [0.4, 0.5) is 17.1 Å². The highest BCUT2D eigenvalue weighted by molar-refractivity contribution is 6.46. The molecule has 2 amide bonds. The molecule has 0 radical (unpaired) electrons. The summed E-state index contributed by atoms with van der Waals surface area (Å²) in [5, 5.41) is 3.27. The van der Waals surface area contributed by atoms with Crippen LogP contribution in [-0.4, -0.2) is 25.9 Å². The molecular formula is C28H29N3O2. The molecule has 4 rings (SSSR count). The average molecular weight is 440 g/mol. The van der Waals surface area contributed by atoms with Crippen molar-refractivity contribution in [2.75, 3.05) is 29.2 Å². The Morgan fingerprint density at radius 3 is 2.03 bits per heavy atom. The first kappa shape index (κ1) is 22.3. The van der Waals surface area contributed by atoms with Crippen molar-refractivity contribution < 1.29 is 9.59 Å². The van der Waals surface area contributed by atoms with E-state index in [1.54, 1.807) is 6.07 Å². The Bertz CT molecular complexity index is 1300. The van der Waals surface area contributed by atoms with E-state index in [9.17, 15) is 9.59 Å². The smallest absolute Gasteiger partial charge is 0.282 e. The maximum absolute atomic E-state index is 13.7. The lowest BCUT2D eigenvalue weighted by Gasteiger charge is -2.19. The molecule has 33 heavy (non-hydrogen) atoms. The molecule has 168 valence electrons. The number of carbonyl (C=O) groups excluding carboxylic acids is 2. The van der Waals surface area contributed by atoms with E-state index in [-0.39, 0.29) is 11.8 Å². The number of aryl methyl sites for hydroxylation is 4. The van der Waals surface area contributed by atoms with Gasteiger partial charge in [-0.25, -0.2) is 4.90 Å². The molecule has 0 fully saturated rings. The van der Waals surface area contributed by atoms with Gasteiger partial charge in [-0.1, -0.05) is 30.3 Å². The van der Waals surface area contributed by atoms with E-state index in [1.807, 2.05) is 101 Å². The highest BCUT2D eigenvalue weighted by Crippen LogP contribution is 2.35. The lowest BCUT2D eigenvalue weighted by molar-refractivity contribution is -0.120. The summed E-state index contributed by atoms with van der Waals surface area (Å²) in [5.74, 6) is -0.687. The predicted molar refractivity (Wildman–Crippen MR) is 136 cm³/mol. The van der Waals surface area contributed by atoms with E-state index in [0.29, 0.717) is 17.0 Å². The number of amides is 2. The summed E-state index contributed by atoms with van der Waals surface area (Å²) in [6, 6.07) is 19.2. The van der Waals surface area contributed by atoms with Gasteiger partial charge in [-0.05, 0) is 85.8 Å². The summed E-state index contributed by atoms with van der Waals surface area (Å²) in [6.45, 7) is 8.11. The van der Waals surface area contributed by atoms with Gasteiger partial charge >= 0.3 is 0 Å². The zero-order valence-electron chi connectivity index (χ0n) is 20.0. The number of rotatable bonds is 5. The molecule has 3 aromatic rings. The third-order valence-electron chi connectivity index (χ3n) is 6.26. The zero-order chi connectivity index (χ0) is 23.9. The van der Waals surface area contributed by atoms with Crippen molar-refractivity contribution in [3.05, 3.63) is 94.2 Å². The first-order valence-electron chi connectivity index (χ1n) is 11.0. The molecule has 0 spiro atoms. The van der Waals surface area contributed by atoms with Crippen molar-refractivity contribution in [1.29, 1.82) is 0 Å². The largest absolute Gasteiger partial charge is 0.378 e. The summed E-state index contributed by atoms with van der Waals surface area (Å²) in [5.41, 5.74) is 8.13. The topological polar surface area (TPSA) is 52.7 Å². The molecule has 1 aliphatic rings. The van der Waals surface area contributed by atoms with Crippen molar-refractivity contribution in [2.45, 2.75) is 27.7 Å². The van der Waals surface area contributed by atoms with E-state index in [1.165, 1.54) is 10.5 Å². The first-order chi connectivity index (χ1) is 15.7. The number of anilines is 3. The monoisotopic (exact) mass is 439 g/mol. The van der Waals surface area contributed by atoms with Gasteiger partial charge in [0.15, 0.2) is 0 Å². The molecule has 0 unspecified atom stereocenters. The van der Waals surface area contributed by atoms with Crippen LogP contribution in [0.5, 0.6) is 0 Å². The van der Waals surface area contributed by atoms with Gasteiger partial charge in [0.2, 0.25) is 0 Å². The highest BCUT2D eigenvalue weighted by Gasteiger charge is 2.40. The Morgan fingerprint density at radius 2 is 1.39 bits per heavy atom. The molecule has 1 heterocycles. The van der Waals surface area contributed by atoms with Gasteiger partial charge in [0, 0.05) is 25.5 Å². The molecule has 0 bridgehead atoms. The van der Waals surface area contributed by atoms with Crippen LogP contribution in [0.2, 0.25) is 0 Å². The van der Waals surface area contributed by atoms with Crippen LogP contribution in [0.15, 0.2) is 66.4 Å². The van der Waals surface area contributed by atoms with Crippen molar-refractivity contribution >= 4 is 34.4 Å². The van der Waals surface area contributed by atoms with E-state index in [4.69, 9.17) is 0 Å². The number of imide groups is 1. The number of benzene rings is 3. The van der Waals surface area contributed by atoms with Crippen molar-refractivity contribution in [2.24, 2.45) is 0 Å². The summed E-state index contributed by atoms with van der Waals surface area (Å²) < 4.78 is 0. The molecule has 0 atom stereocenters. The molecule has 5 nitrogen and oxygen atoms in total. The Hall–Kier alpha value is -3.86. The first-order valence-corrected chi connectivity index (χ1v) is 11.0. The van der Waals surface area contributed by atoms with Crippen molar-refractivity contribution in [1.82, 2.24) is 0 Å². The molecular weight excluding hydrogens is 410 g/mol. The summed E-state index contributed by atoms with van der Waals surface area (Å²) >= 11 is 0. The number of carbonyl (C=O) groups is 2. The van der Waals surface area contributed by atoms with Gasteiger partial charge in [0.05, 0.1) is 11.3 Å². The van der Waals surface area contributed by atoms with Crippen molar-refractivity contribution in [3.63, 3.8) is 0 Å². The molecule has 0 aromatic heterocycles. The van der Waals surface area contributed by atoms with Gasteiger partial charge in [0.25, 0.3) is 11.8 Å². The third kappa shape index (κ3) is 4.14. The minimum atomic E-state index is -0.359. The average Bonchev–Trinajstić information content (AvgIpc) is 3.02. The quantitative estimate of drug-likeness (QED) is 0.542. The highest BCUT2D eigenvalue weighted by atomic mass is 16.2. The van der Waals surface area contributed by atoms with Crippen molar-refractivity contribution in [3.8, 4) is 0 Å². The molecule has 0 aliphatic carbocycles. The normalized spacial score (nSPS) is 13.7. The van der Waals surface area contributed by atoms with Crippen LogP contribution in [0.3, 0.4) is 0 Å². The van der Waals surface area contributed by atoms with E-state index >= 15 is 0 Å². The zero-order valence-corrected chi connectivity index (χ0v) is 20.0. The van der Waals surface area contributed by atoms with Gasteiger partial charge < -0.3 is 10.2 Å². The Kier molecular flexibility index (Phi) is 5.81. The van der Waals surface area contributed by atoms with Gasteiger partial charge in [0.1, 0.15) is 5.70 Å². The van der Waals surface area contributed by atoms with Crippen LogP contribution >= 0.6 is 0 Å². The predicted octanol–water partition coefficient (Wildman–Crippen LogP) is 5.38. The summed E-state index contributed by atoms with van der Waals surface area (Å²) in [4.78, 5) is 30.6. The summed E-state index contributed by atoms with van der Waals surface area (Å²) in [7, 11) is 3.86. The Labute approximate surface area is 195 Å². The molecule has 1 aliphatic heterocycles. The fourth-order valence-corrected chi connectivity index (χ4v) is 3.92. The fourth-order valence-electron chi connectivity index (χ4n) is 3.92. The number of hydrogen-bond acceptors (Lipinski definition) is 4. The van der Waals surface area contributed by atoms with Gasteiger partial charge in [-0.15, -0.1) is 0 Å². The molecule has 5 heteroatoms. The van der Waals surface area contributed by atoms with Crippen LogP contribution < -0.4 is 15.1 Å². The van der Waals surface area contributed by atoms with Crippen LogP contribution in [0.1, 0.15) is 27.8 Å². The molecule has 0 saturated carbocycles. The van der Waals surface area contributed by atoms with E-state index in [0.717, 1.165) is 33.6 Å². The number of nitrogens with zero attached hydrogens (tertiary/aromatic N) is 2. The SMILES string of the molecule is Cc1ccc(NC2=C(c3ccc(C)c(C)c3)C(=O)N(c3cccc(N(C)C)c3)C2=O)cc1C. The lowest BCUT2D eigenvalue weighted by atomic mass is 9.99. The summed E-state index contributed by atoms with van der Waals surface area (Å²) in [6.07, 6.45) is 0. The van der Waals surface area contributed by atoms with Gasteiger partial charge in [-0.2, -0.15) is 0 Å². The van der Waals surface area contributed by atoms with Crippen LogP contribution in [0.25, 0.3) is 5.57 Å². The van der Waals surface area contributed by atoms with E-state index in [2.05, 4.69) is 5.32 Å². The van der Waals surface area contributed by atoms with E-state index < -0.39 is 0 Å². The maximum Gasteiger partial charge on any atom is 0.282 e. The maximum atomic E-state index is 13.7.